The first-order valence-electron chi connectivity index (χ1n) is 5.55. The van der Waals surface area contributed by atoms with Gasteiger partial charge in [0, 0.05) is 19.6 Å². The molecule has 0 fully saturated rings. The first-order valence-corrected chi connectivity index (χ1v) is 5.55. The fraction of sp³-hybridized carbons (Fsp3) is 0.909. The third kappa shape index (κ3) is 9.52. The second-order valence-electron chi connectivity index (χ2n) is 3.73. The molecule has 0 aromatic heterocycles. The van der Waals surface area contributed by atoms with Gasteiger partial charge in [-0.1, -0.05) is 6.92 Å². The highest BCUT2D eigenvalue weighted by molar-refractivity contribution is 5.75. The lowest BCUT2D eigenvalue weighted by Crippen LogP contribution is -2.24. The van der Waals surface area contributed by atoms with Crippen LogP contribution in [0.2, 0.25) is 0 Å². The summed E-state index contributed by atoms with van der Waals surface area (Å²) in [5, 5.41) is 2.88. The average Bonchev–Trinajstić information content (AvgIpc) is 2.11. The molecule has 1 amide bonds. The molecule has 0 aromatic carbocycles. The number of rotatable bonds is 8. The Bertz CT molecular complexity index is 146. The van der Waals surface area contributed by atoms with Gasteiger partial charge in [-0.3, -0.25) is 4.79 Å². The third-order valence-electron chi connectivity index (χ3n) is 1.82. The highest BCUT2D eigenvalue weighted by Gasteiger charge is 1.97. The van der Waals surface area contributed by atoms with Crippen molar-refractivity contribution in [3.8, 4) is 0 Å². The van der Waals surface area contributed by atoms with Crippen LogP contribution in [0.1, 0.15) is 46.5 Å². The van der Waals surface area contributed by atoms with Crippen molar-refractivity contribution >= 4 is 5.91 Å². The van der Waals surface area contributed by atoms with Gasteiger partial charge >= 0.3 is 0 Å². The van der Waals surface area contributed by atoms with Gasteiger partial charge in [-0.25, -0.2) is 0 Å². The first kappa shape index (κ1) is 13.4. The zero-order valence-corrected chi connectivity index (χ0v) is 9.64. The number of hydrogen-bond donors (Lipinski definition) is 1. The molecular weight excluding hydrogens is 178 g/mol. The summed E-state index contributed by atoms with van der Waals surface area (Å²) in [6, 6.07) is 0. The molecule has 0 aromatic rings. The maximum absolute atomic E-state index is 11.0. The summed E-state index contributed by atoms with van der Waals surface area (Å²) < 4.78 is 5.38. The topological polar surface area (TPSA) is 38.3 Å². The molecule has 0 saturated heterocycles. The maximum Gasteiger partial charge on any atom is 0.219 e. The Balaban J connectivity index is 3.09. The second-order valence-corrected chi connectivity index (χ2v) is 3.73. The average molecular weight is 201 g/mol. The van der Waals surface area contributed by atoms with Crippen molar-refractivity contribution in [1.82, 2.24) is 5.32 Å². The summed E-state index contributed by atoms with van der Waals surface area (Å²) in [7, 11) is 0. The Labute approximate surface area is 87.2 Å². The van der Waals surface area contributed by atoms with E-state index in [1.807, 2.05) is 20.8 Å². The van der Waals surface area contributed by atoms with Crippen LogP contribution in [0.4, 0.5) is 0 Å². The zero-order valence-electron chi connectivity index (χ0n) is 9.64. The molecule has 0 aliphatic carbocycles. The molecule has 0 unspecified atom stereocenters. The van der Waals surface area contributed by atoms with Gasteiger partial charge in [0.15, 0.2) is 0 Å². The van der Waals surface area contributed by atoms with Gasteiger partial charge in [-0.2, -0.15) is 0 Å². The highest BCUT2D eigenvalue weighted by atomic mass is 16.5. The Morgan fingerprint density at radius 3 is 2.64 bits per heavy atom. The summed E-state index contributed by atoms with van der Waals surface area (Å²) in [5.74, 6) is 0.164. The van der Waals surface area contributed by atoms with Crippen molar-refractivity contribution in [3.05, 3.63) is 0 Å². The van der Waals surface area contributed by atoms with Crippen LogP contribution in [-0.2, 0) is 9.53 Å². The van der Waals surface area contributed by atoms with Gasteiger partial charge in [0.05, 0.1) is 6.10 Å². The molecule has 1 N–H and O–H groups in total. The van der Waals surface area contributed by atoms with Crippen LogP contribution in [0.15, 0.2) is 0 Å². The van der Waals surface area contributed by atoms with E-state index in [0.29, 0.717) is 12.5 Å². The van der Waals surface area contributed by atoms with Crippen LogP contribution in [0.5, 0.6) is 0 Å². The van der Waals surface area contributed by atoms with E-state index in [9.17, 15) is 4.79 Å². The Hall–Kier alpha value is -0.570. The quantitative estimate of drug-likeness (QED) is 0.611. The fourth-order valence-corrected chi connectivity index (χ4v) is 1.09. The molecule has 3 nitrogen and oxygen atoms in total. The van der Waals surface area contributed by atoms with Crippen molar-refractivity contribution < 1.29 is 9.53 Å². The number of carbonyl (C=O) groups excluding carboxylic acids is 1. The van der Waals surface area contributed by atoms with Crippen molar-refractivity contribution in [1.29, 1.82) is 0 Å². The lowest BCUT2D eigenvalue weighted by molar-refractivity contribution is -0.121. The van der Waals surface area contributed by atoms with Crippen molar-refractivity contribution in [3.63, 3.8) is 0 Å². The molecule has 0 bridgehead atoms. The fourth-order valence-electron chi connectivity index (χ4n) is 1.09. The molecule has 3 heteroatoms. The zero-order chi connectivity index (χ0) is 10.8. The van der Waals surface area contributed by atoms with E-state index in [4.69, 9.17) is 4.74 Å². The predicted molar refractivity (Wildman–Crippen MR) is 58.2 cm³/mol. The highest BCUT2D eigenvalue weighted by Crippen LogP contribution is 1.94. The van der Waals surface area contributed by atoms with Crippen LogP contribution >= 0.6 is 0 Å². The molecule has 0 rings (SSSR count). The van der Waals surface area contributed by atoms with Gasteiger partial charge in [-0.05, 0) is 33.1 Å². The number of amides is 1. The maximum atomic E-state index is 11.0. The molecular formula is C11H23NO2. The Morgan fingerprint density at radius 1 is 1.36 bits per heavy atom. The van der Waals surface area contributed by atoms with Gasteiger partial charge < -0.3 is 10.1 Å². The minimum atomic E-state index is 0.164. The van der Waals surface area contributed by atoms with Gasteiger partial charge in [0.2, 0.25) is 5.91 Å². The van der Waals surface area contributed by atoms with Crippen molar-refractivity contribution in [2.24, 2.45) is 0 Å². The Kier molecular flexibility index (Phi) is 8.64. The number of hydrogen-bond acceptors (Lipinski definition) is 2. The minimum Gasteiger partial charge on any atom is -0.379 e. The van der Waals surface area contributed by atoms with E-state index in [2.05, 4.69) is 5.32 Å². The number of carbonyl (C=O) groups is 1. The largest absolute Gasteiger partial charge is 0.379 e. The summed E-state index contributed by atoms with van der Waals surface area (Å²) in [6.45, 7) is 7.64. The monoisotopic (exact) mass is 201 g/mol. The lowest BCUT2D eigenvalue weighted by atomic mass is 10.3. The van der Waals surface area contributed by atoms with Crippen LogP contribution in [0, 0.1) is 0 Å². The molecule has 0 aliphatic rings. The standard InChI is InChI=1S/C11H23NO2/c1-4-7-11(13)12-8-5-6-9-14-10(2)3/h10H,4-9H2,1-3H3,(H,12,13). The molecule has 0 spiro atoms. The molecule has 0 saturated carbocycles. The first-order chi connectivity index (χ1) is 6.66. The number of ether oxygens (including phenoxy) is 1. The van der Waals surface area contributed by atoms with Crippen molar-refractivity contribution in [2.45, 2.75) is 52.6 Å². The van der Waals surface area contributed by atoms with Crippen LogP contribution in [-0.4, -0.2) is 25.2 Å². The summed E-state index contributed by atoms with van der Waals surface area (Å²) in [6.07, 6.45) is 3.89. The smallest absolute Gasteiger partial charge is 0.219 e. The third-order valence-corrected chi connectivity index (χ3v) is 1.82. The van der Waals surface area contributed by atoms with Crippen molar-refractivity contribution in [2.75, 3.05) is 13.2 Å². The van der Waals surface area contributed by atoms with Crippen LogP contribution in [0.25, 0.3) is 0 Å². The van der Waals surface area contributed by atoms with Gasteiger partial charge in [0.1, 0.15) is 0 Å². The SMILES string of the molecule is CCCC(=O)NCCCCOC(C)C. The van der Waals surface area contributed by atoms with E-state index in [0.717, 1.165) is 32.4 Å². The summed E-state index contributed by atoms with van der Waals surface area (Å²) in [5.41, 5.74) is 0. The van der Waals surface area contributed by atoms with Gasteiger partial charge in [0.25, 0.3) is 0 Å². The Morgan fingerprint density at radius 2 is 2.07 bits per heavy atom. The number of nitrogens with one attached hydrogen (secondary N) is 1. The molecule has 84 valence electrons. The summed E-state index contributed by atoms with van der Waals surface area (Å²) >= 11 is 0. The molecule has 0 radical (unpaired) electrons. The minimum absolute atomic E-state index is 0.164. The molecule has 14 heavy (non-hydrogen) atoms. The van der Waals surface area contributed by atoms with E-state index in [1.165, 1.54) is 0 Å². The predicted octanol–water partition coefficient (Wildman–Crippen LogP) is 2.11. The van der Waals surface area contributed by atoms with E-state index < -0.39 is 0 Å². The van der Waals surface area contributed by atoms with Gasteiger partial charge in [-0.15, -0.1) is 0 Å². The van der Waals surface area contributed by atoms with Crippen LogP contribution < -0.4 is 5.32 Å². The van der Waals surface area contributed by atoms with E-state index >= 15 is 0 Å². The summed E-state index contributed by atoms with van der Waals surface area (Å²) in [4.78, 5) is 11.0. The van der Waals surface area contributed by atoms with E-state index in [-0.39, 0.29) is 5.91 Å². The van der Waals surface area contributed by atoms with Crippen LogP contribution in [0.3, 0.4) is 0 Å². The van der Waals surface area contributed by atoms with E-state index in [1.54, 1.807) is 0 Å². The normalized spacial score (nSPS) is 10.6. The molecule has 0 heterocycles. The molecule has 0 aliphatic heterocycles. The second kappa shape index (κ2) is 9.00. The number of unbranched alkanes of at least 4 members (excludes halogenated alkanes) is 1. The lowest BCUT2D eigenvalue weighted by Gasteiger charge is -2.07. The molecule has 0 atom stereocenters.